The Bertz CT molecular complexity index is 914. The van der Waals surface area contributed by atoms with Gasteiger partial charge in [-0.3, -0.25) is 14.3 Å². The van der Waals surface area contributed by atoms with Crippen LogP contribution in [0.15, 0.2) is 53.9 Å². The second-order valence-electron chi connectivity index (χ2n) is 6.40. The first-order valence-corrected chi connectivity index (χ1v) is 10.1. The van der Waals surface area contributed by atoms with Crippen LogP contribution in [0.25, 0.3) is 17.1 Å². The van der Waals surface area contributed by atoms with E-state index in [0.717, 1.165) is 24.1 Å². The molecular weight excluding hydrogens is 377 g/mol. The van der Waals surface area contributed by atoms with Gasteiger partial charge in [0.1, 0.15) is 5.82 Å². The lowest BCUT2D eigenvalue weighted by atomic mass is 10.2. The zero-order valence-corrected chi connectivity index (χ0v) is 16.6. The Morgan fingerprint density at radius 3 is 2.57 bits per heavy atom. The van der Waals surface area contributed by atoms with E-state index in [1.807, 2.05) is 23.6 Å². The molecule has 2 aromatic heterocycles. The number of aromatic nitrogens is 4. The van der Waals surface area contributed by atoms with E-state index in [-0.39, 0.29) is 23.5 Å². The lowest BCUT2D eigenvalue weighted by Gasteiger charge is -2.13. The number of rotatable bonds is 8. The Balaban J connectivity index is 1.86. The van der Waals surface area contributed by atoms with Crippen LogP contribution in [-0.4, -0.2) is 37.5 Å². The average molecular weight is 399 g/mol. The Morgan fingerprint density at radius 2 is 1.89 bits per heavy atom. The molecule has 0 aliphatic carbocycles. The molecule has 2 heterocycles. The highest BCUT2D eigenvalue weighted by molar-refractivity contribution is 7.99. The summed E-state index contributed by atoms with van der Waals surface area (Å²) < 4.78 is 15.2. The van der Waals surface area contributed by atoms with Gasteiger partial charge in [0.05, 0.1) is 5.75 Å². The number of carbonyl (C=O) groups excluding carboxylic acids is 1. The van der Waals surface area contributed by atoms with Crippen LogP contribution in [0.3, 0.4) is 0 Å². The van der Waals surface area contributed by atoms with Gasteiger partial charge in [-0.2, -0.15) is 0 Å². The van der Waals surface area contributed by atoms with E-state index in [1.165, 1.54) is 23.9 Å². The highest BCUT2D eigenvalue weighted by Crippen LogP contribution is 2.27. The lowest BCUT2D eigenvalue weighted by molar-refractivity contribution is -0.119. The minimum absolute atomic E-state index is 0.0509. The molecule has 146 valence electrons. The molecule has 3 rings (SSSR count). The molecule has 28 heavy (non-hydrogen) atoms. The monoisotopic (exact) mass is 399 g/mol. The third kappa shape index (κ3) is 4.95. The molecular formula is C20H22FN5OS. The molecule has 0 radical (unpaired) electrons. The summed E-state index contributed by atoms with van der Waals surface area (Å²) in [6.45, 7) is 4.08. The van der Waals surface area contributed by atoms with E-state index in [1.54, 1.807) is 24.5 Å². The maximum atomic E-state index is 13.4. The maximum Gasteiger partial charge on any atom is 0.230 e. The zero-order chi connectivity index (χ0) is 19.9. The van der Waals surface area contributed by atoms with Gasteiger partial charge in [-0.1, -0.05) is 25.1 Å². The Kier molecular flexibility index (Phi) is 6.76. The fourth-order valence-corrected chi connectivity index (χ4v) is 3.59. The molecule has 0 aliphatic rings. The van der Waals surface area contributed by atoms with Crippen molar-refractivity contribution in [2.45, 2.75) is 37.9 Å². The average Bonchev–Trinajstić information content (AvgIpc) is 3.12. The first-order valence-electron chi connectivity index (χ1n) is 9.12. The van der Waals surface area contributed by atoms with Crippen molar-refractivity contribution in [2.24, 2.45) is 0 Å². The summed E-state index contributed by atoms with van der Waals surface area (Å²) in [5.74, 6) is 0.464. The van der Waals surface area contributed by atoms with Crippen LogP contribution >= 0.6 is 11.8 Å². The number of benzene rings is 1. The van der Waals surface area contributed by atoms with E-state index in [2.05, 4.69) is 27.4 Å². The molecule has 0 fully saturated rings. The van der Waals surface area contributed by atoms with E-state index in [9.17, 15) is 9.18 Å². The van der Waals surface area contributed by atoms with E-state index < -0.39 is 0 Å². The predicted molar refractivity (Wildman–Crippen MR) is 108 cm³/mol. The second kappa shape index (κ2) is 9.45. The van der Waals surface area contributed by atoms with Crippen molar-refractivity contribution in [2.75, 3.05) is 5.75 Å². The number of nitrogens with one attached hydrogen (secondary N) is 1. The second-order valence-corrected chi connectivity index (χ2v) is 7.34. The summed E-state index contributed by atoms with van der Waals surface area (Å²) in [7, 11) is 0. The van der Waals surface area contributed by atoms with Crippen molar-refractivity contribution < 1.29 is 9.18 Å². The molecule has 3 aromatic rings. The topological polar surface area (TPSA) is 72.7 Å². The van der Waals surface area contributed by atoms with Crippen molar-refractivity contribution in [3.8, 4) is 17.1 Å². The zero-order valence-electron chi connectivity index (χ0n) is 15.8. The number of thioether (sulfide) groups is 1. The van der Waals surface area contributed by atoms with Crippen LogP contribution in [0, 0.1) is 5.82 Å². The highest BCUT2D eigenvalue weighted by atomic mass is 32.2. The van der Waals surface area contributed by atoms with Gasteiger partial charge in [0.2, 0.25) is 5.91 Å². The quantitative estimate of drug-likeness (QED) is 0.582. The summed E-state index contributed by atoms with van der Waals surface area (Å²) in [5.41, 5.74) is 1.56. The van der Waals surface area contributed by atoms with Gasteiger partial charge in [-0.25, -0.2) is 4.39 Å². The van der Waals surface area contributed by atoms with Crippen LogP contribution in [-0.2, 0) is 4.79 Å². The molecule has 6 nitrogen and oxygen atoms in total. The van der Waals surface area contributed by atoms with Gasteiger partial charge >= 0.3 is 0 Å². The SMILES string of the molecule is CCCC(C)NC(=O)CSc1nnc(-c2ccncc2)n1-c1ccc(F)cc1. The standard InChI is InChI=1S/C20H22FN5OS/c1-3-4-14(2)23-18(27)13-28-20-25-24-19(15-9-11-22-12-10-15)26(20)17-7-5-16(21)6-8-17/h5-12,14H,3-4,13H2,1-2H3,(H,23,27). The summed E-state index contributed by atoms with van der Waals surface area (Å²) >= 11 is 1.30. The molecule has 1 amide bonds. The number of hydrogen-bond acceptors (Lipinski definition) is 5. The van der Waals surface area contributed by atoms with Gasteiger partial charge < -0.3 is 5.32 Å². The maximum absolute atomic E-state index is 13.4. The smallest absolute Gasteiger partial charge is 0.230 e. The molecule has 0 saturated carbocycles. The van der Waals surface area contributed by atoms with E-state index in [4.69, 9.17) is 0 Å². The number of pyridine rings is 1. The molecule has 1 aromatic carbocycles. The molecule has 8 heteroatoms. The summed E-state index contributed by atoms with van der Waals surface area (Å²) in [4.78, 5) is 16.3. The molecule has 0 bridgehead atoms. The van der Waals surface area contributed by atoms with Crippen LogP contribution < -0.4 is 5.32 Å². The van der Waals surface area contributed by atoms with Gasteiger partial charge in [-0.05, 0) is 49.7 Å². The minimum atomic E-state index is -0.319. The van der Waals surface area contributed by atoms with Gasteiger partial charge in [-0.15, -0.1) is 10.2 Å². The number of carbonyl (C=O) groups is 1. The van der Waals surface area contributed by atoms with E-state index in [0.29, 0.717) is 11.0 Å². The summed E-state index contributed by atoms with van der Waals surface area (Å²) in [5, 5.41) is 12.1. The fraction of sp³-hybridized carbons (Fsp3) is 0.300. The Hall–Kier alpha value is -2.74. The van der Waals surface area contributed by atoms with Crippen LogP contribution in [0.4, 0.5) is 4.39 Å². The largest absolute Gasteiger partial charge is 0.353 e. The molecule has 1 unspecified atom stereocenters. The van der Waals surface area contributed by atoms with Gasteiger partial charge in [0.15, 0.2) is 11.0 Å². The van der Waals surface area contributed by atoms with Crippen LogP contribution in [0.5, 0.6) is 0 Å². The van der Waals surface area contributed by atoms with Gasteiger partial charge in [0.25, 0.3) is 0 Å². The van der Waals surface area contributed by atoms with Crippen molar-refractivity contribution >= 4 is 17.7 Å². The molecule has 0 saturated heterocycles. The number of amides is 1. The van der Waals surface area contributed by atoms with E-state index >= 15 is 0 Å². The number of nitrogens with zero attached hydrogens (tertiary/aromatic N) is 4. The van der Waals surface area contributed by atoms with Crippen molar-refractivity contribution in [3.63, 3.8) is 0 Å². The van der Waals surface area contributed by atoms with Crippen LogP contribution in [0.2, 0.25) is 0 Å². The Labute approximate surface area is 167 Å². The van der Waals surface area contributed by atoms with Crippen molar-refractivity contribution in [1.29, 1.82) is 0 Å². The first-order chi connectivity index (χ1) is 13.6. The first kappa shape index (κ1) is 20.0. The molecule has 0 spiro atoms. The van der Waals surface area contributed by atoms with Crippen molar-refractivity contribution in [3.05, 3.63) is 54.6 Å². The summed E-state index contributed by atoms with van der Waals surface area (Å²) in [6, 6.07) is 9.90. The number of hydrogen-bond donors (Lipinski definition) is 1. The third-order valence-corrected chi connectivity index (χ3v) is 5.05. The third-order valence-electron chi connectivity index (χ3n) is 4.12. The lowest BCUT2D eigenvalue weighted by Crippen LogP contribution is -2.33. The van der Waals surface area contributed by atoms with Crippen molar-refractivity contribution in [1.82, 2.24) is 25.1 Å². The predicted octanol–water partition coefficient (Wildman–Crippen LogP) is 3.87. The molecule has 0 aliphatic heterocycles. The molecule has 1 N–H and O–H groups in total. The highest BCUT2D eigenvalue weighted by Gasteiger charge is 2.17. The summed E-state index contributed by atoms with van der Waals surface area (Å²) in [6.07, 6.45) is 5.31. The van der Waals surface area contributed by atoms with Crippen LogP contribution in [0.1, 0.15) is 26.7 Å². The fourth-order valence-electron chi connectivity index (χ4n) is 2.83. The number of halogens is 1. The molecule has 1 atom stereocenters. The van der Waals surface area contributed by atoms with Gasteiger partial charge in [0, 0.05) is 29.7 Å². The minimum Gasteiger partial charge on any atom is -0.353 e. The normalized spacial score (nSPS) is 12.0. The Morgan fingerprint density at radius 1 is 1.18 bits per heavy atom.